The second-order valence-electron chi connectivity index (χ2n) is 20.7. The summed E-state index contributed by atoms with van der Waals surface area (Å²) in [7, 11) is -2.65. The molecule has 0 unspecified atom stereocenters. The van der Waals surface area contributed by atoms with E-state index in [4.69, 9.17) is 33.5 Å². The number of rotatable bonds is 22. The van der Waals surface area contributed by atoms with Crippen molar-refractivity contribution in [3.05, 3.63) is 119 Å². The first-order valence-electron chi connectivity index (χ1n) is 25.0. The average Bonchev–Trinajstić information content (AvgIpc) is 3.70. The number of aryl methyl sites for hydroxylation is 1. The van der Waals surface area contributed by atoms with E-state index in [9.17, 15) is 13.6 Å². The van der Waals surface area contributed by atoms with E-state index in [0.717, 1.165) is 51.0 Å². The number of benzene rings is 3. The summed E-state index contributed by atoms with van der Waals surface area (Å²) in [4.78, 5) is 21.0. The molecule has 0 bridgehead atoms. The van der Waals surface area contributed by atoms with Crippen LogP contribution in [0.4, 0.5) is 14.6 Å². The van der Waals surface area contributed by atoms with Gasteiger partial charge in [0, 0.05) is 49.2 Å². The summed E-state index contributed by atoms with van der Waals surface area (Å²) in [6.07, 6.45) is 8.79. The number of fused-ring (bicyclic) bond motifs is 1. The van der Waals surface area contributed by atoms with Gasteiger partial charge in [0.1, 0.15) is 11.6 Å². The van der Waals surface area contributed by atoms with E-state index >= 15 is 0 Å². The largest absolute Gasteiger partial charge is 0.490 e. The summed E-state index contributed by atoms with van der Waals surface area (Å²) >= 11 is 0. The third-order valence-corrected chi connectivity index (χ3v) is 18.0. The Morgan fingerprint density at radius 2 is 1.55 bits per heavy atom. The zero-order chi connectivity index (χ0) is 50.0. The van der Waals surface area contributed by atoms with Crippen molar-refractivity contribution in [2.75, 3.05) is 37.8 Å². The molecule has 3 aromatic carbocycles. The maximum absolute atomic E-state index is 14.9. The van der Waals surface area contributed by atoms with Gasteiger partial charge in [-0.15, -0.1) is 0 Å². The monoisotopic (exact) mass is 967 g/mol. The number of carbonyl (C=O) groups excluding carboxylic acids is 1. The lowest BCUT2D eigenvalue weighted by atomic mass is 9.92. The van der Waals surface area contributed by atoms with Crippen LogP contribution in [0, 0.1) is 18.6 Å². The van der Waals surface area contributed by atoms with Gasteiger partial charge < -0.3 is 28.3 Å². The van der Waals surface area contributed by atoms with Crippen LogP contribution in [0.15, 0.2) is 84.9 Å². The fraction of sp³-hybridized carbons (Fsp3) is 0.518. The van der Waals surface area contributed by atoms with Crippen LogP contribution in [0.5, 0.6) is 5.75 Å². The normalized spacial score (nSPS) is 15.5. The SMILES string of the molecule is CCCCOc1c(F)cc(F)cc1CC=Cc1cc2nc(C)c([C@H](OC(C)(C)C)C(=O)OCC)c(N3CCC(C)(OCCCC[C@@H](C)O[Si](c4ccccc4)(c4ccccc4)C(C)(C)C)CC3)n2n1. The third kappa shape index (κ3) is 13.3. The second-order valence-corrected chi connectivity index (χ2v) is 24.9. The lowest BCUT2D eigenvalue weighted by Gasteiger charge is -2.44. The maximum Gasteiger partial charge on any atom is 0.340 e. The lowest BCUT2D eigenvalue weighted by molar-refractivity contribution is -0.166. The van der Waals surface area contributed by atoms with Crippen molar-refractivity contribution in [1.29, 1.82) is 0 Å². The summed E-state index contributed by atoms with van der Waals surface area (Å²) in [5.74, 6) is -1.12. The Morgan fingerprint density at radius 3 is 2.14 bits per heavy atom. The fourth-order valence-electron chi connectivity index (χ4n) is 9.41. The molecular weight excluding hydrogens is 891 g/mol. The van der Waals surface area contributed by atoms with E-state index in [1.54, 1.807) is 11.4 Å². The number of unbranched alkanes of at least 4 members (excludes halogenated alkanes) is 2. The van der Waals surface area contributed by atoms with Gasteiger partial charge in [0.05, 0.1) is 35.7 Å². The third-order valence-electron chi connectivity index (χ3n) is 12.9. The Kier molecular flexibility index (Phi) is 18.0. The summed E-state index contributed by atoms with van der Waals surface area (Å²) in [5.41, 5.74) is 1.75. The number of anilines is 1. The molecule has 2 aromatic heterocycles. The van der Waals surface area contributed by atoms with E-state index in [0.29, 0.717) is 60.3 Å². The van der Waals surface area contributed by atoms with Crippen molar-refractivity contribution in [1.82, 2.24) is 14.6 Å². The highest BCUT2D eigenvalue weighted by molar-refractivity contribution is 6.99. The molecule has 10 nitrogen and oxygen atoms in total. The molecule has 1 aliphatic rings. The van der Waals surface area contributed by atoms with Crippen LogP contribution in [0.2, 0.25) is 5.04 Å². The molecule has 13 heteroatoms. The molecule has 0 spiro atoms. The molecule has 374 valence electrons. The Morgan fingerprint density at radius 1 is 0.899 bits per heavy atom. The summed E-state index contributed by atoms with van der Waals surface area (Å²) in [5, 5.41) is 7.50. The zero-order valence-electron chi connectivity index (χ0n) is 43.0. The second kappa shape index (κ2) is 23.3. The van der Waals surface area contributed by atoms with E-state index in [1.807, 2.05) is 52.8 Å². The average molecular weight is 967 g/mol. The number of carbonyl (C=O) groups is 1. The van der Waals surface area contributed by atoms with Gasteiger partial charge in [0.2, 0.25) is 0 Å². The van der Waals surface area contributed by atoms with Crippen molar-refractivity contribution >= 4 is 42.2 Å². The number of hydrogen-bond acceptors (Lipinski definition) is 9. The number of allylic oxidation sites excluding steroid dienone is 1. The molecule has 3 heterocycles. The minimum Gasteiger partial charge on any atom is -0.490 e. The van der Waals surface area contributed by atoms with Crippen molar-refractivity contribution < 1.29 is 36.9 Å². The molecule has 69 heavy (non-hydrogen) atoms. The molecule has 1 fully saturated rings. The van der Waals surface area contributed by atoms with Gasteiger partial charge in [-0.2, -0.15) is 9.61 Å². The van der Waals surface area contributed by atoms with Crippen LogP contribution in [-0.4, -0.2) is 79.1 Å². The van der Waals surface area contributed by atoms with E-state index < -0.39 is 37.6 Å². The van der Waals surface area contributed by atoms with Gasteiger partial charge in [-0.25, -0.2) is 18.6 Å². The fourth-order valence-corrected chi connectivity index (χ4v) is 14.2. The van der Waals surface area contributed by atoms with E-state index in [1.165, 1.54) is 16.4 Å². The number of esters is 1. The summed E-state index contributed by atoms with van der Waals surface area (Å²) in [6, 6.07) is 25.6. The van der Waals surface area contributed by atoms with Crippen molar-refractivity contribution in [3.63, 3.8) is 0 Å². The smallest absolute Gasteiger partial charge is 0.340 e. The van der Waals surface area contributed by atoms with Crippen LogP contribution in [0.25, 0.3) is 11.7 Å². The summed E-state index contributed by atoms with van der Waals surface area (Å²) < 4.78 is 63.0. The molecule has 0 aliphatic carbocycles. The first kappa shape index (κ1) is 53.4. The lowest BCUT2D eigenvalue weighted by Crippen LogP contribution is -2.67. The number of nitrogens with zero attached hydrogens (tertiary/aromatic N) is 4. The van der Waals surface area contributed by atoms with Crippen LogP contribution in [0.3, 0.4) is 0 Å². The Hall–Kier alpha value is -4.95. The number of hydrogen-bond donors (Lipinski definition) is 0. The topological polar surface area (TPSA) is 96.7 Å². The van der Waals surface area contributed by atoms with Gasteiger partial charge in [-0.3, -0.25) is 0 Å². The standard InChI is InChI=1S/C56H76F2N4O6Si/c1-12-14-35-65-50-42(37-43(57)38-47(50)58)25-23-26-44-39-48-59-41(4)49(51(53(63)64-13-2)67-54(5,6)7)52(62(48)60-44)61-33-31-56(11,32-34-61)66-36-22-21-24-40(3)68-69(55(8,9)10,45-27-17-15-18-28-45)46-29-19-16-20-30-46/h15-20,23,26-30,37-40,51H,12-14,21-22,24-25,31-36H2,1-11H3/t40-,51+/m1/s1. The van der Waals surface area contributed by atoms with E-state index in [-0.39, 0.29) is 35.5 Å². The molecular formula is C56H76F2N4O6Si. The molecule has 0 amide bonds. The molecule has 6 rings (SSSR count). The first-order valence-corrected chi connectivity index (χ1v) is 26.9. The van der Waals surface area contributed by atoms with Gasteiger partial charge in [-0.1, -0.05) is 101 Å². The van der Waals surface area contributed by atoms with Gasteiger partial charge in [0.25, 0.3) is 8.32 Å². The summed E-state index contributed by atoms with van der Waals surface area (Å²) in [6.45, 7) is 25.2. The molecule has 2 atom stereocenters. The van der Waals surface area contributed by atoms with Gasteiger partial charge in [-0.05, 0) is 121 Å². The molecule has 0 saturated carbocycles. The minimum atomic E-state index is -2.65. The Balaban J connectivity index is 1.18. The maximum atomic E-state index is 14.9. The number of ether oxygens (including phenoxy) is 4. The zero-order valence-corrected chi connectivity index (χ0v) is 44.0. The predicted molar refractivity (Wildman–Crippen MR) is 275 cm³/mol. The number of aromatic nitrogens is 3. The highest BCUT2D eigenvalue weighted by Gasteiger charge is 2.51. The van der Waals surface area contributed by atoms with Crippen LogP contribution in [-0.2, 0) is 29.9 Å². The van der Waals surface area contributed by atoms with Crippen molar-refractivity contribution in [2.45, 2.75) is 156 Å². The Labute approximate surface area is 410 Å². The highest BCUT2D eigenvalue weighted by Crippen LogP contribution is 2.40. The van der Waals surface area contributed by atoms with Gasteiger partial charge >= 0.3 is 5.97 Å². The predicted octanol–water partition coefficient (Wildman–Crippen LogP) is 11.7. The molecule has 0 N–H and O–H groups in total. The van der Waals surface area contributed by atoms with Crippen molar-refractivity contribution in [2.24, 2.45) is 0 Å². The quantitative estimate of drug-likeness (QED) is 0.0382. The highest BCUT2D eigenvalue weighted by atomic mass is 28.4. The first-order chi connectivity index (χ1) is 32.8. The number of piperidine rings is 1. The van der Waals surface area contributed by atoms with Gasteiger partial charge in [0.15, 0.2) is 23.3 Å². The molecule has 1 aliphatic heterocycles. The molecule has 0 radical (unpaired) electrons. The Bertz CT molecular complexity index is 2440. The van der Waals surface area contributed by atoms with Crippen LogP contribution in [0.1, 0.15) is 143 Å². The molecule has 5 aromatic rings. The van der Waals surface area contributed by atoms with Crippen LogP contribution >= 0.6 is 0 Å². The van der Waals surface area contributed by atoms with E-state index in [2.05, 4.69) is 100 Å². The van der Waals surface area contributed by atoms with Crippen LogP contribution < -0.4 is 20.0 Å². The molecule has 1 saturated heterocycles. The van der Waals surface area contributed by atoms with Crippen molar-refractivity contribution in [3.8, 4) is 5.75 Å². The number of halogens is 2. The minimum absolute atomic E-state index is 0.0600.